The van der Waals surface area contributed by atoms with Crippen LogP contribution in [0.2, 0.25) is 0 Å². The number of ether oxygens (including phenoxy) is 1. The van der Waals surface area contributed by atoms with Crippen LogP contribution < -0.4 is 0 Å². The standard InChI is InChI=1S/C13H13NO3/c1-17-9-10-5-2-3-6-11(10)14-8-4-7-12(14)13(15)16/h2-8H,9H2,1H3,(H,15,16). The number of aromatic carboxylic acids is 1. The molecule has 0 saturated carbocycles. The summed E-state index contributed by atoms with van der Waals surface area (Å²) in [5.74, 6) is -0.942. The third-order valence-corrected chi connectivity index (χ3v) is 2.52. The molecule has 0 unspecified atom stereocenters. The van der Waals surface area contributed by atoms with Gasteiger partial charge in [-0.05, 0) is 18.2 Å². The van der Waals surface area contributed by atoms with E-state index in [0.717, 1.165) is 11.3 Å². The van der Waals surface area contributed by atoms with E-state index in [1.165, 1.54) is 0 Å². The number of aromatic nitrogens is 1. The van der Waals surface area contributed by atoms with Gasteiger partial charge in [-0.2, -0.15) is 0 Å². The lowest BCUT2D eigenvalue weighted by atomic mass is 10.2. The highest BCUT2D eigenvalue weighted by Crippen LogP contribution is 2.18. The van der Waals surface area contributed by atoms with Gasteiger partial charge in [0.2, 0.25) is 0 Å². The van der Waals surface area contributed by atoms with E-state index in [2.05, 4.69) is 0 Å². The molecule has 0 fully saturated rings. The maximum absolute atomic E-state index is 11.1. The molecule has 88 valence electrons. The predicted molar refractivity (Wildman–Crippen MR) is 63.4 cm³/mol. The fourth-order valence-electron chi connectivity index (χ4n) is 1.79. The van der Waals surface area contributed by atoms with Crippen molar-refractivity contribution in [1.29, 1.82) is 0 Å². The molecular formula is C13H13NO3. The molecule has 0 amide bonds. The van der Waals surface area contributed by atoms with Crippen LogP contribution in [0, 0.1) is 0 Å². The van der Waals surface area contributed by atoms with Crippen LogP contribution in [0.4, 0.5) is 0 Å². The molecule has 0 aliphatic carbocycles. The lowest BCUT2D eigenvalue weighted by molar-refractivity contribution is 0.0688. The van der Waals surface area contributed by atoms with E-state index in [9.17, 15) is 4.79 Å². The number of hydrogen-bond acceptors (Lipinski definition) is 2. The van der Waals surface area contributed by atoms with E-state index in [-0.39, 0.29) is 5.69 Å². The summed E-state index contributed by atoms with van der Waals surface area (Å²) >= 11 is 0. The van der Waals surface area contributed by atoms with E-state index in [1.54, 1.807) is 30.0 Å². The van der Waals surface area contributed by atoms with E-state index < -0.39 is 5.97 Å². The minimum Gasteiger partial charge on any atom is -0.477 e. The Balaban J connectivity index is 2.52. The second kappa shape index (κ2) is 4.84. The zero-order chi connectivity index (χ0) is 12.3. The van der Waals surface area contributed by atoms with Crippen LogP contribution in [-0.4, -0.2) is 22.8 Å². The molecular weight excluding hydrogens is 218 g/mol. The van der Waals surface area contributed by atoms with Crippen molar-refractivity contribution in [3.63, 3.8) is 0 Å². The van der Waals surface area contributed by atoms with Crippen LogP contribution >= 0.6 is 0 Å². The Hall–Kier alpha value is -2.07. The number of carboxylic acid groups (broad SMARTS) is 1. The maximum atomic E-state index is 11.1. The first-order valence-corrected chi connectivity index (χ1v) is 5.22. The predicted octanol–water partition coefficient (Wildman–Crippen LogP) is 2.32. The van der Waals surface area contributed by atoms with Crippen LogP contribution in [0.5, 0.6) is 0 Å². The fraction of sp³-hybridized carbons (Fsp3) is 0.154. The first-order chi connectivity index (χ1) is 8.24. The molecule has 0 aliphatic heterocycles. The van der Waals surface area contributed by atoms with Crippen molar-refractivity contribution in [3.05, 3.63) is 53.9 Å². The van der Waals surface area contributed by atoms with Gasteiger partial charge in [0.25, 0.3) is 0 Å². The average Bonchev–Trinajstić information content (AvgIpc) is 2.79. The molecule has 4 nitrogen and oxygen atoms in total. The summed E-state index contributed by atoms with van der Waals surface area (Å²) in [4.78, 5) is 11.1. The molecule has 0 saturated heterocycles. The smallest absolute Gasteiger partial charge is 0.352 e. The van der Waals surface area contributed by atoms with Crippen molar-refractivity contribution < 1.29 is 14.6 Å². The average molecular weight is 231 g/mol. The summed E-state index contributed by atoms with van der Waals surface area (Å²) in [5, 5.41) is 9.08. The minimum absolute atomic E-state index is 0.244. The van der Waals surface area contributed by atoms with Gasteiger partial charge in [-0.1, -0.05) is 18.2 Å². The number of methoxy groups -OCH3 is 1. The minimum atomic E-state index is -0.942. The number of para-hydroxylation sites is 1. The quantitative estimate of drug-likeness (QED) is 0.878. The summed E-state index contributed by atoms with van der Waals surface area (Å²) < 4.78 is 6.76. The monoisotopic (exact) mass is 231 g/mol. The Morgan fingerprint density at radius 2 is 2.06 bits per heavy atom. The molecule has 0 radical (unpaired) electrons. The summed E-state index contributed by atoms with van der Waals surface area (Å²) in [6.45, 7) is 0.452. The van der Waals surface area contributed by atoms with Crippen LogP contribution in [0.3, 0.4) is 0 Å². The Morgan fingerprint density at radius 1 is 1.29 bits per heavy atom. The molecule has 1 aromatic carbocycles. The third kappa shape index (κ3) is 2.21. The van der Waals surface area contributed by atoms with Crippen LogP contribution in [0.15, 0.2) is 42.6 Å². The number of nitrogens with zero attached hydrogens (tertiary/aromatic N) is 1. The second-order valence-corrected chi connectivity index (χ2v) is 3.63. The Labute approximate surface area is 99.1 Å². The molecule has 2 aromatic rings. The van der Waals surface area contributed by atoms with Gasteiger partial charge in [-0.15, -0.1) is 0 Å². The van der Waals surface area contributed by atoms with Crippen molar-refractivity contribution in [3.8, 4) is 5.69 Å². The number of carbonyl (C=O) groups is 1. The van der Waals surface area contributed by atoms with E-state index in [1.807, 2.05) is 24.3 Å². The van der Waals surface area contributed by atoms with Gasteiger partial charge >= 0.3 is 5.97 Å². The van der Waals surface area contributed by atoms with Crippen molar-refractivity contribution in [1.82, 2.24) is 4.57 Å². The summed E-state index contributed by atoms with van der Waals surface area (Å²) in [5.41, 5.74) is 2.03. The molecule has 1 heterocycles. The van der Waals surface area contributed by atoms with Crippen molar-refractivity contribution in [2.24, 2.45) is 0 Å². The van der Waals surface area contributed by atoms with Crippen molar-refractivity contribution in [2.75, 3.05) is 7.11 Å². The van der Waals surface area contributed by atoms with Crippen LogP contribution in [0.1, 0.15) is 16.1 Å². The van der Waals surface area contributed by atoms with Gasteiger partial charge in [0.1, 0.15) is 5.69 Å². The number of hydrogen-bond donors (Lipinski definition) is 1. The number of rotatable bonds is 4. The summed E-state index contributed by atoms with van der Waals surface area (Å²) in [7, 11) is 1.62. The molecule has 0 bridgehead atoms. The zero-order valence-corrected chi connectivity index (χ0v) is 9.46. The van der Waals surface area contributed by atoms with E-state index in [4.69, 9.17) is 9.84 Å². The van der Waals surface area contributed by atoms with Gasteiger partial charge in [0.15, 0.2) is 0 Å². The summed E-state index contributed by atoms with van der Waals surface area (Å²) in [6.07, 6.45) is 1.73. The second-order valence-electron chi connectivity index (χ2n) is 3.63. The molecule has 0 spiro atoms. The Kier molecular flexibility index (Phi) is 3.25. The normalized spacial score (nSPS) is 10.4. The number of benzene rings is 1. The summed E-state index contributed by atoms with van der Waals surface area (Å²) in [6, 6.07) is 10.9. The first-order valence-electron chi connectivity index (χ1n) is 5.22. The van der Waals surface area contributed by atoms with Gasteiger partial charge in [0, 0.05) is 18.9 Å². The van der Waals surface area contributed by atoms with Crippen molar-refractivity contribution >= 4 is 5.97 Å². The Morgan fingerprint density at radius 3 is 2.76 bits per heavy atom. The van der Waals surface area contributed by atoms with Gasteiger partial charge in [-0.25, -0.2) is 4.79 Å². The highest BCUT2D eigenvalue weighted by molar-refractivity contribution is 5.86. The van der Waals surface area contributed by atoms with Gasteiger partial charge in [0.05, 0.1) is 12.3 Å². The largest absolute Gasteiger partial charge is 0.477 e. The molecule has 2 rings (SSSR count). The zero-order valence-electron chi connectivity index (χ0n) is 9.46. The lowest BCUT2D eigenvalue weighted by Crippen LogP contribution is -2.08. The fourth-order valence-corrected chi connectivity index (χ4v) is 1.79. The first kappa shape index (κ1) is 11.4. The highest BCUT2D eigenvalue weighted by Gasteiger charge is 2.12. The molecule has 1 aromatic heterocycles. The van der Waals surface area contributed by atoms with Crippen LogP contribution in [-0.2, 0) is 11.3 Å². The molecule has 0 aliphatic rings. The Bertz CT molecular complexity index is 531. The van der Waals surface area contributed by atoms with Crippen molar-refractivity contribution in [2.45, 2.75) is 6.61 Å². The van der Waals surface area contributed by atoms with Crippen LogP contribution in [0.25, 0.3) is 5.69 Å². The van der Waals surface area contributed by atoms with E-state index >= 15 is 0 Å². The highest BCUT2D eigenvalue weighted by atomic mass is 16.5. The van der Waals surface area contributed by atoms with Gasteiger partial charge in [-0.3, -0.25) is 0 Å². The topological polar surface area (TPSA) is 51.5 Å². The lowest BCUT2D eigenvalue weighted by Gasteiger charge is -2.11. The molecule has 17 heavy (non-hydrogen) atoms. The molecule has 0 atom stereocenters. The SMILES string of the molecule is COCc1ccccc1-n1cccc1C(=O)O. The molecule has 1 N–H and O–H groups in total. The molecule has 4 heteroatoms. The van der Waals surface area contributed by atoms with Gasteiger partial charge < -0.3 is 14.4 Å². The maximum Gasteiger partial charge on any atom is 0.352 e. The van der Waals surface area contributed by atoms with E-state index in [0.29, 0.717) is 6.61 Å². The third-order valence-electron chi connectivity index (χ3n) is 2.52. The number of carboxylic acids is 1.